The molecule has 0 radical (unpaired) electrons. The Kier molecular flexibility index (Phi) is 6.14. The molecule has 0 saturated carbocycles. The van der Waals surface area contributed by atoms with Crippen molar-refractivity contribution in [2.45, 2.75) is 5.92 Å². The van der Waals surface area contributed by atoms with Crippen molar-refractivity contribution in [3.05, 3.63) is 187 Å². The van der Waals surface area contributed by atoms with E-state index in [2.05, 4.69) is 168 Å². The molecule has 0 fully saturated rings. The summed E-state index contributed by atoms with van der Waals surface area (Å²) in [4.78, 5) is 10.6. The Morgan fingerprint density at radius 3 is 2.20 bits per heavy atom. The van der Waals surface area contributed by atoms with Crippen LogP contribution in [0.5, 0.6) is 0 Å². The van der Waals surface area contributed by atoms with Gasteiger partial charge in [-0.3, -0.25) is 0 Å². The van der Waals surface area contributed by atoms with Crippen LogP contribution >= 0.6 is 0 Å². The number of allylic oxidation sites excluding steroid dienone is 8. The summed E-state index contributed by atoms with van der Waals surface area (Å²) in [5, 5.41) is 10.8. The largest absolute Gasteiger partial charge is 0.456 e. The lowest BCUT2D eigenvalue weighted by molar-refractivity contribution is 0.656. The Morgan fingerprint density at radius 2 is 1.30 bits per heavy atom. The molecule has 2 aliphatic rings. The van der Waals surface area contributed by atoms with Crippen molar-refractivity contribution in [2.24, 2.45) is 5.92 Å². The minimum atomic E-state index is -0.0452. The minimum absolute atomic E-state index is 0.0452. The molecule has 2 aliphatic carbocycles. The van der Waals surface area contributed by atoms with Crippen molar-refractivity contribution in [3.63, 3.8) is 0 Å². The first kappa shape index (κ1) is 29.5. The van der Waals surface area contributed by atoms with Gasteiger partial charge in [0, 0.05) is 50.0 Å². The van der Waals surface area contributed by atoms with Crippen molar-refractivity contribution < 1.29 is 4.42 Å². The van der Waals surface area contributed by atoms with E-state index in [1.54, 1.807) is 0 Å². The average Bonchev–Trinajstić information content (AvgIpc) is 3.77. The lowest BCUT2D eigenvalue weighted by Gasteiger charge is -2.31. The first-order valence-corrected chi connectivity index (χ1v) is 18.6. The molecule has 7 aromatic carbocycles. The lowest BCUT2D eigenvalue weighted by Crippen LogP contribution is -2.19. The van der Waals surface area contributed by atoms with Gasteiger partial charge in [0.15, 0.2) is 5.82 Å². The number of nitrogens with zero attached hydrogens (tertiary/aromatic N) is 3. The number of hydrogen-bond acceptors (Lipinski definition) is 3. The standard InChI is InChI=1S/C50H31N3O/c1-2-13-32-27-45-42(26-31(32)12-1)48-37-16-6-3-11-30(37)22-24-44(48)53(45)35-25-33-14-4-5-15-36(33)41(29-35)49-40-18-7-9-19-43(40)51-50(52-49)34-21-23-39-38-17-8-10-20-46(38)54-47(39)28-34/h1-29,36,41H. The number of para-hydroxylation sites is 2. The van der Waals surface area contributed by atoms with Crippen molar-refractivity contribution in [3.8, 4) is 11.4 Å². The van der Waals surface area contributed by atoms with Crippen LogP contribution in [0.1, 0.15) is 11.6 Å². The van der Waals surface area contributed by atoms with E-state index in [0.717, 1.165) is 49.8 Å². The summed E-state index contributed by atoms with van der Waals surface area (Å²) in [6.45, 7) is 0. The van der Waals surface area contributed by atoms with Crippen molar-refractivity contribution in [1.82, 2.24) is 14.5 Å². The Hall–Kier alpha value is -7.04. The van der Waals surface area contributed by atoms with Gasteiger partial charge in [-0.2, -0.15) is 0 Å². The number of hydrogen-bond donors (Lipinski definition) is 0. The van der Waals surface area contributed by atoms with Crippen LogP contribution in [0.25, 0.3) is 93.3 Å². The highest BCUT2D eigenvalue weighted by molar-refractivity contribution is 6.24. The zero-order valence-electron chi connectivity index (χ0n) is 29.1. The summed E-state index contributed by atoms with van der Waals surface area (Å²) in [5.41, 5.74) is 9.41. The second-order valence-corrected chi connectivity index (χ2v) is 14.5. The van der Waals surface area contributed by atoms with Crippen LogP contribution in [0.4, 0.5) is 0 Å². The van der Waals surface area contributed by atoms with E-state index in [1.165, 1.54) is 48.9 Å². The van der Waals surface area contributed by atoms with Crippen molar-refractivity contribution in [1.29, 1.82) is 0 Å². The molecule has 10 aromatic rings. The zero-order chi connectivity index (χ0) is 35.3. The Bertz CT molecular complexity index is 3350. The van der Waals surface area contributed by atoms with Gasteiger partial charge in [0.1, 0.15) is 11.2 Å². The molecule has 12 rings (SSSR count). The summed E-state index contributed by atoms with van der Waals surface area (Å²) in [6, 6.07) is 49.7. The first-order valence-electron chi connectivity index (χ1n) is 18.6. The molecule has 0 bridgehead atoms. The van der Waals surface area contributed by atoms with Crippen LogP contribution in [0, 0.1) is 5.92 Å². The molecular formula is C50H31N3O. The third-order valence-corrected chi connectivity index (χ3v) is 11.5. The van der Waals surface area contributed by atoms with Gasteiger partial charge in [-0.15, -0.1) is 0 Å². The maximum absolute atomic E-state index is 6.31. The molecule has 0 amide bonds. The van der Waals surface area contributed by atoms with E-state index in [-0.39, 0.29) is 11.8 Å². The van der Waals surface area contributed by atoms with E-state index in [1.807, 2.05) is 12.1 Å². The number of fused-ring (bicyclic) bond motifs is 11. The van der Waals surface area contributed by atoms with E-state index < -0.39 is 0 Å². The number of furan rings is 1. The van der Waals surface area contributed by atoms with Gasteiger partial charge in [0.2, 0.25) is 0 Å². The Morgan fingerprint density at radius 1 is 0.537 bits per heavy atom. The van der Waals surface area contributed by atoms with E-state index in [9.17, 15) is 0 Å². The third-order valence-electron chi connectivity index (χ3n) is 11.5. The van der Waals surface area contributed by atoms with Gasteiger partial charge in [0.25, 0.3) is 0 Å². The molecule has 0 spiro atoms. The Labute approximate surface area is 310 Å². The summed E-state index contributed by atoms with van der Waals surface area (Å²) < 4.78 is 8.78. The van der Waals surface area contributed by atoms with Crippen LogP contribution in [0.2, 0.25) is 0 Å². The quantitative estimate of drug-likeness (QED) is 0.185. The summed E-state index contributed by atoms with van der Waals surface area (Å²) >= 11 is 0. The second-order valence-electron chi connectivity index (χ2n) is 14.5. The van der Waals surface area contributed by atoms with Crippen LogP contribution < -0.4 is 0 Å². The van der Waals surface area contributed by atoms with E-state index in [4.69, 9.17) is 14.4 Å². The molecule has 3 heterocycles. The molecule has 0 N–H and O–H groups in total. The van der Waals surface area contributed by atoms with Crippen molar-refractivity contribution in [2.75, 3.05) is 0 Å². The highest BCUT2D eigenvalue weighted by Crippen LogP contribution is 2.46. The van der Waals surface area contributed by atoms with Gasteiger partial charge in [-0.05, 0) is 75.7 Å². The summed E-state index contributed by atoms with van der Waals surface area (Å²) in [7, 11) is 0. The molecule has 2 atom stereocenters. The van der Waals surface area contributed by atoms with Gasteiger partial charge >= 0.3 is 0 Å². The average molecular weight is 690 g/mol. The molecule has 252 valence electrons. The highest BCUT2D eigenvalue weighted by atomic mass is 16.3. The zero-order valence-corrected chi connectivity index (χ0v) is 29.1. The van der Waals surface area contributed by atoms with Gasteiger partial charge in [0.05, 0.1) is 22.2 Å². The molecule has 54 heavy (non-hydrogen) atoms. The predicted molar refractivity (Wildman–Crippen MR) is 224 cm³/mol. The summed E-state index contributed by atoms with van der Waals surface area (Å²) in [5.74, 6) is 0.774. The molecule has 4 heteroatoms. The molecule has 3 aromatic heterocycles. The molecule has 2 unspecified atom stereocenters. The van der Waals surface area contributed by atoms with Crippen LogP contribution in [-0.4, -0.2) is 14.5 Å². The molecule has 0 aliphatic heterocycles. The number of rotatable bonds is 3. The number of aromatic nitrogens is 3. The SMILES string of the molecule is C1=CC2=CC(n3c4cc5ccccc5cc4c4c5ccccc5ccc43)=CC(c3nc(-c4ccc5c(c4)oc4ccccc45)nc4ccccc34)C2C=C1. The first-order chi connectivity index (χ1) is 26.7. The Balaban J connectivity index is 1.11. The van der Waals surface area contributed by atoms with Gasteiger partial charge in [-0.25, -0.2) is 9.97 Å². The van der Waals surface area contributed by atoms with Crippen LogP contribution in [-0.2, 0) is 0 Å². The number of benzene rings is 7. The van der Waals surface area contributed by atoms with E-state index >= 15 is 0 Å². The van der Waals surface area contributed by atoms with Gasteiger partial charge in [-0.1, -0.05) is 127 Å². The molecule has 4 nitrogen and oxygen atoms in total. The normalized spacial score (nSPS) is 17.0. The van der Waals surface area contributed by atoms with E-state index in [0.29, 0.717) is 5.82 Å². The summed E-state index contributed by atoms with van der Waals surface area (Å²) in [6.07, 6.45) is 13.7. The topological polar surface area (TPSA) is 43.9 Å². The lowest BCUT2D eigenvalue weighted by atomic mass is 9.76. The molecular weight excluding hydrogens is 659 g/mol. The maximum Gasteiger partial charge on any atom is 0.160 e. The van der Waals surface area contributed by atoms with Gasteiger partial charge < -0.3 is 8.98 Å². The van der Waals surface area contributed by atoms with Crippen LogP contribution in [0.3, 0.4) is 0 Å². The second kappa shape index (κ2) is 11.2. The van der Waals surface area contributed by atoms with Crippen LogP contribution in [0.15, 0.2) is 186 Å². The fourth-order valence-electron chi connectivity index (χ4n) is 9.04. The third kappa shape index (κ3) is 4.31. The highest BCUT2D eigenvalue weighted by Gasteiger charge is 2.31. The molecule has 0 saturated heterocycles. The maximum atomic E-state index is 6.31. The predicted octanol–water partition coefficient (Wildman–Crippen LogP) is 12.9. The smallest absolute Gasteiger partial charge is 0.160 e. The fraction of sp³-hybridized carbons (Fsp3) is 0.0400. The van der Waals surface area contributed by atoms with Crippen molar-refractivity contribution >= 4 is 81.9 Å². The monoisotopic (exact) mass is 689 g/mol. The minimum Gasteiger partial charge on any atom is -0.456 e. The fourth-order valence-corrected chi connectivity index (χ4v) is 9.04.